The van der Waals surface area contributed by atoms with Crippen LogP contribution >= 0.6 is 35.3 Å². The number of aliphatic hydroxyl groups excluding tert-OH is 1. The van der Waals surface area contributed by atoms with Gasteiger partial charge in [0, 0.05) is 18.0 Å². The van der Waals surface area contributed by atoms with Crippen molar-refractivity contribution >= 4 is 41.3 Å². The molecule has 0 aliphatic carbocycles. The number of aromatic nitrogens is 1. The van der Waals surface area contributed by atoms with Gasteiger partial charge in [0.05, 0.1) is 23.4 Å². The van der Waals surface area contributed by atoms with E-state index in [2.05, 4.69) is 20.6 Å². The van der Waals surface area contributed by atoms with Gasteiger partial charge in [0.1, 0.15) is 5.82 Å². The molecule has 0 aliphatic heterocycles. The molecule has 0 amide bonds. The number of guanidine groups is 1. The van der Waals surface area contributed by atoms with E-state index in [0.29, 0.717) is 18.1 Å². The summed E-state index contributed by atoms with van der Waals surface area (Å²) in [5.41, 5.74) is 1.66. The number of nitrogens with one attached hydrogen (secondary N) is 2. The zero-order valence-corrected chi connectivity index (χ0v) is 17.7. The molecule has 8 heteroatoms. The van der Waals surface area contributed by atoms with Crippen molar-refractivity contribution in [2.24, 2.45) is 4.99 Å². The number of aryl methyl sites for hydroxylation is 2. The van der Waals surface area contributed by atoms with E-state index < -0.39 is 6.10 Å². The van der Waals surface area contributed by atoms with Crippen molar-refractivity contribution in [1.29, 1.82) is 0 Å². The fourth-order valence-corrected chi connectivity index (χ4v) is 3.07. The quantitative estimate of drug-likeness (QED) is 0.339. The molecule has 138 valence electrons. The second-order valence-electron chi connectivity index (χ2n) is 5.38. The first-order valence-electron chi connectivity index (χ1n) is 7.88. The molecule has 0 radical (unpaired) electrons. The van der Waals surface area contributed by atoms with Gasteiger partial charge in [-0.25, -0.2) is 14.4 Å². The van der Waals surface area contributed by atoms with Crippen LogP contribution in [0.2, 0.25) is 0 Å². The van der Waals surface area contributed by atoms with E-state index in [1.807, 2.05) is 20.8 Å². The Morgan fingerprint density at radius 3 is 2.52 bits per heavy atom. The minimum atomic E-state index is -0.734. The van der Waals surface area contributed by atoms with E-state index in [0.717, 1.165) is 22.1 Å². The van der Waals surface area contributed by atoms with Crippen LogP contribution in [-0.2, 0) is 6.54 Å². The maximum atomic E-state index is 12.9. The predicted octanol–water partition coefficient (Wildman–Crippen LogP) is 3.31. The number of thiazole rings is 1. The Hall–Kier alpha value is -1.26. The van der Waals surface area contributed by atoms with Gasteiger partial charge in [-0.1, -0.05) is 12.1 Å². The number of hydrogen-bond acceptors (Lipinski definition) is 4. The first-order valence-corrected chi connectivity index (χ1v) is 8.70. The van der Waals surface area contributed by atoms with Crippen LogP contribution < -0.4 is 10.6 Å². The third-order valence-electron chi connectivity index (χ3n) is 3.44. The van der Waals surface area contributed by atoms with Crippen LogP contribution in [0.1, 0.15) is 34.2 Å². The number of nitrogens with zero attached hydrogens (tertiary/aromatic N) is 2. The molecule has 5 nitrogen and oxygen atoms in total. The van der Waals surface area contributed by atoms with E-state index in [1.165, 1.54) is 12.1 Å². The molecule has 1 unspecified atom stereocenters. The second-order valence-corrected chi connectivity index (χ2v) is 6.67. The van der Waals surface area contributed by atoms with Crippen LogP contribution in [0.5, 0.6) is 0 Å². The molecule has 1 heterocycles. The zero-order chi connectivity index (χ0) is 17.5. The summed E-state index contributed by atoms with van der Waals surface area (Å²) in [4.78, 5) is 10.1. The van der Waals surface area contributed by atoms with Gasteiger partial charge in [-0.15, -0.1) is 35.3 Å². The van der Waals surface area contributed by atoms with E-state index in [4.69, 9.17) is 0 Å². The van der Waals surface area contributed by atoms with Crippen molar-refractivity contribution in [3.63, 3.8) is 0 Å². The second kappa shape index (κ2) is 10.7. The van der Waals surface area contributed by atoms with Crippen LogP contribution in [0.15, 0.2) is 29.3 Å². The average Bonchev–Trinajstić information content (AvgIpc) is 2.88. The van der Waals surface area contributed by atoms with Crippen LogP contribution in [0.25, 0.3) is 0 Å². The molecule has 25 heavy (non-hydrogen) atoms. The van der Waals surface area contributed by atoms with Gasteiger partial charge in [0.25, 0.3) is 0 Å². The SMILES string of the molecule is CCNC(=NCc1sc(C)nc1C)NCC(O)c1ccc(F)cc1.I. The maximum Gasteiger partial charge on any atom is 0.191 e. The summed E-state index contributed by atoms with van der Waals surface area (Å²) < 4.78 is 12.9. The van der Waals surface area contributed by atoms with Gasteiger partial charge in [-0.05, 0) is 38.5 Å². The topological polar surface area (TPSA) is 69.5 Å². The van der Waals surface area contributed by atoms with Crippen molar-refractivity contribution in [2.75, 3.05) is 13.1 Å². The molecule has 0 bridgehead atoms. The van der Waals surface area contributed by atoms with E-state index in [-0.39, 0.29) is 36.3 Å². The van der Waals surface area contributed by atoms with Crippen LogP contribution in [0.4, 0.5) is 4.39 Å². The third kappa shape index (κ3) is 6.87. The summed E-state index contributed by atoms with van der Waals surface area (Å²) in [6.45, 7) is 7.49. The van der Waals surface area contributed by atoms with Gasteiger partial charge in [0.15, 0.2) is 5.96 Å². The predicted molar refractivity (Wildman–Crippen MR) is 111 cm³/mol. The maximum absolute atomic E-state index is 12.9. The molecule has 0 saturated carbocycles. The first kappa shape index (κ1) is 21.8. The van der Waals surface area contributed by atoms with Crippen LogP contribution in [-0.4, -0.2) is 29.1 Å². The lowest BCUT2D eigenvalue weighted by molar-refractivity contribution is 0.180. The van der Waals surface area contributed by atoms with Gasteiger partial charge < -0.3 is 15.7 Å². The number of halogens is 2. The molecule has 1 atom stereocenters. The minimum absolute atomic E-state index is 0. The molecule has 0 saturated heterocycles. The Morgan fingerprint density at radius 1 is 1.28 bits per heavy atom. The number of hydrogen-bond donors (Lipinski definition) is 3. The van der Waals surface area contributed by atoms with E-state index in [9.17, 15) is 9.50 Å². The Morgan fingerprint density at radius 2 is 1.96 bits per heavy atom. The van der Waals surface area contributed by atoms with Gasteiger partial charge in [-0.3, -0.25) is 0 Å². The number of rotatable bonds is 6. The van der Waals surface area contributed by atoms with Gasteiger partial charge in [0.2, 0.25) is 0 Å². The molecule has 1 aromatic carbocycles. The summed E-state index contributed by atoms with van der Waals surface area (Å²) in [6, 6.07) is 5.84. The Labute approximate surface area is 168 Å². The summed E-state index contributed by atoms with van der Waals surface area (Å²) >= 11 is 1.64. The third-order valence-corrected chi connectivity index (χ3v) is 4.50. The van der Waals surface area contributed by atoms with Gasteiger partial charge >= 0.3 is 0 Å². The normalized spacial score (nSPS) is 12.4. The number of aliphatic hydroxyl groups is 1. The molecule has 0 fully saturated rings. The number of aliphatic imine (C=N–C) groups is 1. The van der Waals surface area contributed by atoms with Crippen molar-refractivity contribution in [3.05, 3.63) is 51.2 Å². The summed E-state index contributed by atoms with van der Waals surface area (Å²) in [7, 11) is 0. The Kier molecular flexibility index (Phi) is 9.30. The highest BCUT2D eigenvalue weighted by molar-refractivity contribution is 14.0. The molecule has 2 rings (SSSR count). The highest BCUT2D eigenvalue weighted by atomic mass is 127. The minimum Gasteiger partial charge on any atom is -0.387 e. The fraction of sp³-hybridized carbons (Fsp3) is 0.412. The standard InChI is InChI=1S/C17H23FN4OS.HI/c1-4-19-17(21-10-16-11(2)22-12(3)24-16)20-9-15(23)13-5-7-14(18)8-6-13;/h5-8,15,23H,4,9-10H2,1-3H3,(H2,19,20,21);1H. The lowest BCUT2D eigenvalue weighted by Gasteiger charge is -2.15. The van der Waals surface area contributed by atoms with Crippen molar-refractivity contribution in [3.8, 4) is 0 Å². The zero-order valence-electron chi connectivity index (χ0n) is 14.5. The smallest absolute Gasteiger partial charge is 0.191 e. The fourth-order valence-electron chi connectivity index (χ4n) is 2.21. The van der Waals surface area contributed by atoms with E-state index in [1.54, 1.807) is 23.5 Å². The number of benzene rings is 1. The van der Waals surface area contributed by atoms with Crippen molar-refractivity contribution < 1.29 is 9.50 Å². The molecule has 0 spiro atoms. The largest absolute Gasteiger partial charge is 0.387 e. The molecule has 2 aromatic rings. The molecule has 1 aromatic heterocycles. The Bertz CT molecular complexity index is 690. The molecular weight excluding hydrogens is 454 g/mol. The molecule has 3 N–H and O–H groups in total. The lowest BCUT2D eigenvalue weighted by atomic mass is 10.1. The highest BCUT2D eigenvalue weighted by Crippen LogP contribution is 2.18. The average molecular weight is 478 g/mol. The lowest BCUT2D eigenvalue weighted by Crippen LogP contribution is -2.39. The van der Waals surface area contributed by atoms with Crippen molar-refractivity contribution in [1.82, 2.24) is 15.6 Å². The Balaban J connectivity index is 0.00000312. The molecular formula is C17H24FIN4OS. The van der Waals surface area contributed by atoms with Crippen LogP contribution in [0, 0.1) is 19.7 Å². The summed E-state index contributed by atoms with van der Waals surface area (Å²) in [5, 5.41) is 17.5. The highest BCUT2D eigenvalue weighted by Gasteiger charge is 2.09. The molecule has 0 aliphatic rings. The van der Waals surface area contributed by atoms with Crippen molar-refractivity contribution in [2.45, 2.75) is 33.4 Å². The van der Waals surface area contributed by atoms with Crippen LogP contribution in [0.3, 0.4) is 0 Å². The monoisotopic (exact) mass is 478 g/mol. The summed E-state index contributed by atoms with van der Waals surface area (Å²) in [6.07, 6.45) is -0.734. The first-order chi connectivity index (χ1) is 11.5. The van der Waals surface area contributed by atoms with Gasteiger partial charge in [-0.2, -0.15) is 0 Å². The van der Waals surface area contributed by atoms with E-state index >= 15 is 0 Å². The summed E-state index contributed by atoms with van der Waals surface area (Å²) in [5.74, 6) is 0.313.